The van der Waals surface area contributed by atoms with E-state index in [1.54, 1.807) is 6.92 Å². The average molecular weight is 512 g/mol. The summed E-state index contributed by atoms with van der Waals surface area (Å²) in [6.07, 6.45) is 2.37. The fourth-order valence-corrected chi connectivity index (χ4v) is 4.96. The van der Waals surface area contributed by atoms with E-state index in [0.717, 1.165) is 47.8 Å². The van der Waals surface area contributed by atoms with Gasteiger partial charge in [0, 0.05) is 18.8 Å². The van der Waals surface area contributed by atoms with Crippen LogP contribution in [0.25, 0.3) is 10.8 Å². The van der Waals surface area contributed by atoms with E-state index in [2.05, 4.69) is 44.3 Å². The van der Waals surface area contributed by atoms with Gasteiger partial charge in [0.15, 0.2) is 5.82 Å². The van der Waals surface area contributed by atoms with E-state index in [1.165, 1.54) is 0 Å². The van der Waals surface area contributed by atoms with Crippen LogP contribution in [0.5, 0.6) is 0 Å². The standard InChI is InChI=1S/C30H33N5O3/c1-20-32-30(38-35-20)27(18-21-7-3-2-4-8-21)34-29(37)26(33-28(36)24-13-15-31-16-14-24)19-22-11-12-23-9-5-6-10-25(23)17-22/h2-12,17,24,26-27,31H,13-16,18-19H2,1H3,(H,33,36)(H,34,37)/t26-,27-/m1/s1. The maximum absolute atomic E-state index is 13.8. The topological polar surface area (TPSA) is 109 Å². The maximum Gasteiger partial charge on any atom is 0.249 e. The van der Waals surface area contributed by atoms with Crippen molar-refractivity contribution in [2.45, 2.75) is 44.7 Å². The SMILES string of the molecule is Cc1noc([C@@H](Cc2ccccc2)NC(=O)[C@@H](Cc2ccc3ccccc3c2)NC(=O)C2CCNCC2)n1. The van der Waals surface area contributed by atoms with E-state index >= 15 is 0 Å². The molecule has 3 aromatic carbocycles. The molecule has 0 saturated carbocycles. The highest BCUT2D eigenvalue weighted by atomic mass is 16.5. The van der Waals surface area contributed by atoms with Crippen molar-refractivity contribution in [2.75, 3.05) is 13.1 Å². The van der Waals surface area contributed by atoms with Gasteiger partial charge in [-0.1, -0.05) is 78.0 Å². The Morgan fingerprint density at radius 2 is 1.66 bits per heavy atom. The molecule has 1 aromatic heterocycles. The molecule has 38 heavy (non-hydrogen) atoms. The van der Waals surface area contributed by atoms with E-state index in [0.29, 0.717) is 24.6 Å². The number of amides is 2. The van der Waals surface area contributed by atoms with Gasteiger partial charge in [-0.2, -0.15) is 4.98 Å². The molecular weight excluding hydrogens is 478 g/mol. The molecular formula is C30H33N5O3. The molecule has 4 aromatic rings. The lowest BCUT2D eigenvalue weighted by Gasteiger charge is -2.26. The van der Waals surface area contributed by atoms with Crippen LogP contribution in [0.15, 0.2) is 77.3 Å². The smallest absolute Gasteiger partial charge is 0.249 e. The third-order valence-corrected chi connectivity index (χ3v) is 7.04. The second-order valence-corrected chi connectivity index (χ2v) is 9.90. The second-order valence-electron chi connectivity index (χ2n) is 9.90. The van der Waals surface area contributed by atoms with Gasteiger partial charge in [-0.05, 0) is 54.8 Å². The lowest BCUT2D eigenvalue weighted by molar-refractivity contribution is -0.132. The Labute approximate surface area is 222 Å². The van der Waals surface area contributed by atoms with E-state index < -0.39 is 12.1 Å². The Bertz CT molecular complexity index is 1380. The zero-order valence-electron chi connectivity index (χ0n) is 21.5. The zero-order chi connectivity index (χ0) is 26.3. The predicted octanol–water partition coefficient (Wildman–Crippen LogP) is 3.66. The predicted molar refractivity (Wildman–Crippen MR) is 145 cm³/mol. The molecule has 1 saturated heterocycles. The summed E-state index contributed by atoms with van der Waals surface area (Å²) in [5.41, 5.74) is 2.00. The normalized spacial score (nSPS) is 15.6. The maximum atomic E-state index is 13.8. The third kappa shape index (κ3) is 6.44. The summed E-state index contributed by atoms with van der Waals surface area (Å²) in [7, 11) is 0. The van der Waals surface area contributed by atoms with Crippen LogP contribution in [0.4, 0.5) is 0 Å². The highest BCUT2D eigenvalue weighted by molar-refractivity contribution is 5.89. The molecule has 8 nitrogen and oxygen atoms in total. The first-order valence-electron chi connectivity index (χ1n) is 13.2. The molecule has 1 fully saturated rings. The first-order chi connectivity index (χ1) is 18.5. The molecule has 0 radical (unpaired) electrons. The minimum atomic E-state index is -0.749. The monoisotopic (exact) mass is 511 g/mol. The highest BCUT2D eigenvalue weighted by Gasteiger charge is 2.30. The lowest BCUT2D eigenvalue weighted by atomic mass is 9.95. The number of piperidine rings is 1. The van der Waals surface area contributed by atoms with Crippen LogP contribution in [-0.2, 0) is 22.4 Å². The van der Waals surface area contributed by atoms with Crippen molar-refractivity contribution in [3.63, 3.8) is 0 Å². The Kier molecular flexibility index (Phi) is 8.09. The number of carbonyl (C=O) groups is 2. The third-order valence-electron chi connectivity index (χ3n) is 7.04. The van der Waals surface area contributed by atoms with Crippen LogP contribution in [0.1, 0.15) is 41.7 Å². The lowest BCUT2D eigenvalue weighted by Crippen LogP contribution is -2.51. The summed E-state index contributed by atoms with van der Waals surface area (Å²) >= 11 is 0. The molecule has 1 aliphatic heterocycles. The fraction of sp³-hybridized carbons (Fsp3) is 0.333. The summed E-state index contributed by atoms with van der Waals surface area (Å²) < 4.78 is 5.45. The van der Waals surface area contributed by atoms with Crippen LogP contribution in [0, 0.1) is 12.8 Å². The number of carbonyl (C=O) groups excluding carboxylic acids is 2. The Hall–Kier alpha value is -4.04. The van der Waals surface area contributed by atoms with Crippen molar-refractivity contribution in [1.82, 2.24) is 26.1 Å². The van der Waals surface area contributed by atoms with Crippen molar-refractivity contribution in [3.05, 3.63) is 95.6 Å². The number of rotatable bonds is 9. The van der Waals surface area contributed by atoms with E-state index in [9.17, 15) is 9.59 Å². The molecule has 8 heteroatoms. The molecule has 0 bridgehead atoms. The van der Waals surface area contributed by atoms with E-state index in [-0.39, 0.29) is 17.7 Å². The summed E-state index contributed by atoms with van der Waals surface area (Å²) in [5, 5.41) is 15.6. The number of nitrogens with one attached hydrogen (secondary N) is 3. The number of nitrogens with zero attached hydrogens (tertiary/aromatic N) is 2. The first kappa shape index (κ1) is 25.6. The summed E-state index contributed by atoms with van der Waals surface area (Å²) in [5.74, 6) is 0.368. The molecule has 0 aliphatic carbocycles. The van der Waals surface area contributed by atoms with Gasteiger partial charge in [-0.3, -0.25) is 9.59 Å². The van der Waals surface area contributed by atoms with E-state index in [1.807, 2.05) is 54.6 Å². The Morgan fingerprint density at radius 1 is 0.921 bits per heavy atom. The van der Waals surface area contributed by atoms with Gasteiger partial charge in [-0.25, -0.2) is 0 Å². The molecule has 0 unspecified atom stereocenters. The van der Waals surface area contributed by atoms with Crippen molar-refractivity contribution in [2.24, 2.45) is 5.92 Å². The second kappa shape index (κ2) is 12.0. The van der Waals surface area contributed by atoms with Gasteiger partial charge in [0.1, 0.15) is 12.1 Å². The number of aromatic nitrogens is 2. The molecule has 196 valence electrons. The van der Waals surface area contributed by atoms with Gasteiger partial charge in [-0.15, -0.1) is 0 Å². The van der Waals surface area contributed by atoms with Gasteiger partial charge in [0.25, 0.3) is 0 Å². The quantitative estimate of drug-likeness (QED) is 0.317. The number of hydrogen-bond acceptors (Lipinski definition) is 6. The molecule has 2 amide bonds. The van der Waals surface area contributed by atoms with Crippen molar-refractivity contribution < 1.29 is 14.1 Å². The van der Waals surface area contributed by atoms with Gasteiger partial charge in [0.05, 0.1) is 0 Å². The molecule has 1 aliphatic rings. The number of hydrogen-bond donors (Lipinski definition) is 3. The minimum absolute atomic E-state index is 0.0827. The number of benzene rings is 3. The highest BCUT2D eigenvalue weighted by Crippen LogP contribution is 2.20. The van der Waals surface area contributed by atoms with Gasteiger partial charge < -0.3 is 20.5 Å². The van der Waals surface area contributed by atoms with Crippen LogP contribution in [0.3, 0.4) is 0 Å². The molecule has 2 heterocycles. The van der Waals surface area contributed by atoms with E-state index in [4.69, 9.17) is 4.52 Å². The van der Waals surface area contributed by atoms with Gasteiger partial charge in [0.2, 0.25) is 17.7 Å². The van der Waals surface area contributed by atoms with Crippen LogP contribution in [0.2, 0.25) is 0 Å². The summed E-state index contributed by atoms with van der Waals surface area (Å²) in [6.45, 7) is 3.35. The molecule has 0 spiro atoms. The summed E-state index contributed by atoms with van der Waals surface area (Å²) in [4.78, 5) is 31.4. The van der Waals surface area contributed by atoms with Crippen molar-refractivity contribution >= 4 is 22.6 Å². The number of aryl methyl sites for hydroxylation is 1. The zero-order valence-corrected chi connectivity index (χ0v) is 21.5. The van der Waals surface area contributed by atoms with Crippen LogP contribution in [-0.4, -0.2) is 41.1 Å². The Balaban J connectivity index is 1.39. The number of fused-ring (bicyclic) bond motifs is 1. The van der Waals surface area contributed by atoms with Crippen LogP contribution >= 0.6 is 0 Å². The largest absolute Gasteiger partial charge is 0.344 e. The van der Waals surface area contributed by atoms with Crippen molar-refractivity contribution in [1.29, 1.82) is 0 Å². The first-order valence-corrected chi connectivity index (χ1v) is 13.2. The van der Waals surface area contributed by atoms with Crippen molar-refractivity contribution in [3.8, 4) is 0 Å². The fourth-order valence-electron chi connectivity index (χ4n) is 4.96. The van der Waals surface area contributed by atoms with Crippen LogP contribution < -0.4 is 16.0 Å². The molecule has 2 atom stereocenters. The molecule has 5 rings (SSSR count). The Morgan fingerprint density at radius 3 is 2.39 bits per heavy atom. The summed E-state index contributed by atoms with van der Waals surface area (Å²) in [6, 6.07) is 22.8. The molecule has 3 N–H and O–H groups in total. The average Bonchev–Trinajstić information content (AvgIpc) is 3.39. The minimum Gasteiger partial charge on any atom is -0.344 e. The van der Waals surface area contributed by atoms with Gasteiger partial charge >= 0.3 is 0 Å².